The van der Waals surface area contributed by atoms with Gasteiger partial charge in [0.05, 0.1) is 5.69 Å². The first-order valence-electron chi connectivity index (χ1n) is 9.16. The van der Waals surface area contributed by atoms with Gasteiger partial charge >= 0.3 is 0 Å². The van der Waals surface area contributed by atoms with Gasteiger partial charge in [0.2, 0.25) is 0 Å². The van der Waals surface area contributed by atoms with Crippen molar-refractivity contribution in [3.8, 4) is 5.75 Å². The lowest BCUT2D eigenvalue weighted by atomic mass is 10.0. The molecule has 1 atom stereocenters. The van der Waals surface area contributed by atoms with E-state index in [4.69, 9.17) is 4.74 Å². The summed E-state index contributed by atoms with van der Waals surface area (Å²) in [6.45, 7) is 9.42. The summed E-state index contributed by atoms with van der Waals surface area (Å²) in [4.78, 5) is 19.1. The van der Waals surface area contributed by atoms with Gasteiger partial charge in [-0.1, -0.05) is 24.6 Å². The monoisotopic (exact) mass is 373 g/mol. The Hall–Kier alpha value is -1.92. The van der Waals surface area contributed by atoms with Crippen molar-refractivity contribution in [1.29, 1.82) is 0 Å². The lowest BCUT2D eigenvalue weighted by molar-refractivity contribution is -0.118. The number of aryl methyl sites for hydroxylation is 2. The fraction of sp³-hybridized carbons (Fsp3) is 0.500. The minimum absolute atomic E-state index is 0.0115. The second kappa shape index (κ2) is 8.64. The number of hydrogen-bond donors (Lipinski definition) is 1. The predicted octanol–water partition coefficient (Wildman–Crippen LogP) is 4.01. The summed E-state index contributed by atoms with van der Waals surface area (Å²) in [5.41, 5.74) is 3.23. The number of hydrogen-bond acceptors (Lipinski definition) is 5. The molecule has 0 aliphatic carbocycles. The zero-order valence-electron chi connectivity index (χ0n) is 15.7. The fourth-order valence-corrected chi connectivity index (χ4v) is 4.07. The molecule has 1 N–H and O–H groups in total. The van der Waals surface area contributed by atoms with E-state index in [1.165, 1.54) is 29.7 Å². The number of anilines is 1. The molecule has 1 aliphatic heterocycles. The van der Waals surface area contributed by atoms with Crippen LogP contribution < -0.4 is 10.1 Å². The first-order chi connectivity index (χ1) is 12.5. The van der Waals surface area contributed by atoms with Crippen LogP contribution in [0.15, 0.2) is 23.6 Å². The van der Waals surface area contributed by atoms with Gasteiger partial charge in [-0.15, -0.1) is 11.3 Å². The van der Waals surface area contributed by atoms with Crippen molar-refractivity contribution in [2.75, 3.05) is 25.0 Å². The number of benzene rings is 1. The van der Waals surface area contributed by atoms with E-state index in [1.54, 1.807) is 0 Å². The van der Waals surface area contributed by atoms with Gasteiger partial charge in [-0.3, -0.25) is 15.0 Å². The lowest BCUT2D eigenvalue weighted by Crippen LogP contribution is -2.33. The van der Waals surface area contributed by atoms with Gasteiger partial charge in [0, 0.05) is 18.5 Å². The first-order valence-corrected chi connectivity index (χ1v) is 10.0. The summed E-state index contributed by atoms with van der Waals surface area (Å²) in [6.07, 6.45) is 2.57. The van der Waals surface area contributed by atoms with Crippen LogP contribution in [0, 0.1) is 19.8 Å². The van der Waals surface area contributed by atoms with Gasteiger partial charge in [0.1, 0.15) is 5.75 Å². The average Bonchev–Trinajstić information content (AvgIpc) is 3.01. The maximum Gasteiger partial charge on any atom is 0.264 e. The number of likely N-dealkylation sites (tertiary alicyclic amines) is 1. The number of rotatable bonds is 6. The molecule has 1 aliphatic rings. The number of nitrogens with zero attached hydrogens (tertiary/aromatic N) is 2. The standard InChI is InChI=1S/C20H27N3O2S/c1-14-6-7-18(16(3)9-14)25-12-19(24)22-20-21-17(13-26-20)11-23-8-4-5-15(2)10-23/h6-7,9,13,15H,4-5,8,10-12H2,1-3H3,(H,21,22,24)/t15-/m1/s1. The maximum atomic E-state index is 12.1. The fourth-order valence-electron chi connectivity index (χ4n) is 3.36. The van der Waals surface area contributed by atoms with Crippen molar-refractivity contribution < 1.29 is 9.53 Å². The second-order valence-electron chi connectivity index (χ2n) is 7.23. The van der Waals surface area contributed by atoms with Crippen LogP contribution in [0.2, 0.25) is 0 Å². The molecule has 5 nitrogen and oxygen atoms in total. The Morgan fingerprint density at radius 1 is 1.42 bits per heavy atom. The SMILES string of the molecule is Cc1ccc(OCC(=O)Nc2nc(CN3CCC[C@@H](C)C3)cs2)c(C)c1. The van der Waals surface area contributed by atoms with E-state index in [0.717, 1.165) is 42.6 Å². The Balaban J connectivity index is 1.48. The Bertz CT molecular complexity index is 759. The van der Waals surface area contributed by atoms with Gasteiger partial charge in [0.25, 0.3) is 5.91 Å². The van der Waals surface area contributed by atoms with Gasteiger partial charge < -0.3 is 4.74 Å². The van der Waals surface area contributed by atoms with E-state index < -0.39 is 0 Å². The third-order valence-electron chi connectivity index (χ3n) is 4.61. The molecule has 0 saturated carbocycles. The van der Waals surface area contributed by atoms with E-state index in [9.17, 15) is 4.79 Å². The second-order valence-corrected chi connectivity index (χ2v) is 8.09. The summed E-state index contributed by atoms with van der Waals surface area (Å²) in [6, 6.07) is 5.93. The Morgan fingerprint density at radius 2 is 2.27 bits per heavy atom. The normalized spacial score (nSPS) is 17.9. The Morgan fingerprint density at radius 3 is 3.04 bits per heavy atom. The minimum atomic E-state index is -0.183. The molecule has 6 heteroatoms. The molecule has 1 saturated heterocycles. The number of amides is 1. The van der Waals surface area contributed by atoms with Crippen molar-refractivity contribution in [2.24, 2.45) is 5.92 Å². The van der Waals surface area contributed by atoms with E-state index in [2.05, 4.69) is 22.1 Å². The smallest absolute Gasteiger partial charge is 0.264 e. The minimum Gasteiger partial charge on any atom is -0.483 e. The number of carbonyl (C=O) groups excluding carboxylic acids is 1. The van der Waals surface area contributed by atoms with Crippen molar-refractivity contribution >= 4 is 22.4 Å². The number of nitrogens with one attached hydrogen (secondary N) is 1. The highest BCUT2D eigenvalue weighted by molar-refractivity contribution is 7.13. The molecular weight excluding hydrogens is 346 g/mol. The quantitative estimate of drug-likeness (QED) is 0.831. The molecule has 0 spiro atoms. The number of aromatic nitrogens is 1. The van der Waals surface area contributed by atoms with Crippen LogP contribution in [-0.2, 0) is 11.3 Å². The summed E-state index contributed by atoms with van der Waals surface area (Å²) >= 11 is 1.47. The van der Waals surface area contributed by atoms with Crippen molar-refractivity contribution in [3.05, 3.63) is 40.4 Å². The van der Waals surface area contributed by atoms with Crippen LogP contribution in [0.3, 0.4) is 0 Å². The molecule has 140 valence electrons. The summed E-state index contributed by atoms with van der Waals surface area (Å²) in [5.74, 6) is 1.31. The highest BCUT2D eigenvalue weighted by Gasteiger charge is 2.17. The molecule has 2 heterocycles. The van der Waals surface area contributed by atoms with E-state index >= 15 is 0 Å². The number of thiazole rings is 1. The van der Waals surface area contributed by atoms with E-state index in [-0.39, 0.29) is 12.5 Å². The largest absolute Gasteiger partial charge is 0.483 e. The van der Waals surface area contributed by atoms with Gasteiger partial charge in [-0.2, -0.15) is 0 Å². The van der Waals surface area contributed by atoms with Crippen molar-refractivity contribution in [2.45, 2.75) is 40.2 Å². The zero-order valence-corrected chi connectivity index (χ0v) is 16.6. The zero-order chi connectivity index (χ0) is 18.5. The van der Waals surface area contributed by atoms with E-state index in [1.807, 2.05) is 37.4 Å². The molecule has 2 aromatic rings. The van der Waals surface area contributed by atoms with Crippen LogP contribution in [-0.4, -0.2) is 35.5 Å². The molecule has 0 unspecified atom stereocenters. The van der Waals surface area contributed by atoms with Crippen LogP contribution in [0.5, 0.6) is 5.75 Å². The topological polar surface area (TPSA) is 54.5 Å². The average molecular weight is 374 g/mol. The summed E-state index contributed by atoms with van der Waals surface area (Å²) in [7, 11) is 0. The molecule has 1 amide bonds. The summed E-state index contributed by atoms with van der Waals surface area (Å²) < 4.78 is 5.62. The first kappa shape index (κ1) is 18.9. The Kier molecular flexibility index (Phi) is 6.27. The van der Waals surface area contributed by atoms with Gasteiger partial charge in [0.15, 0.2) is 11.7 Å². The van der Waals surface area contributed by atoms with Gasteiger partial charge in [-0.05, 0) is 50.8 Å². The third kappa shape index (κ3) is 5.29. The van der Waals surface area contributed by atoms with Crippen LogP contribution in [0.4, 0.5) is 5.13 Å². The van der Waals surface area contributed by atoms with Crippen LogP contribution in [0.25, 0.3) is 0 Å². The number of carbonyl (C=O) groups is 1. The predicted molar refractivity (Wildman–Crippen MR) is 106 cm³/mol. The van der Waals surface area contributed by atoms with Crippen LogP contribution in [0.1, 0.15) is 36.6 Å². The maximum absolute atomic E-state index is 12.1. The molecule has 3 rings (SSSR count). The number of ether oxygens (including phenoxy) is 1. The van der Waals surface area contributed by atoms with Crippen LogP contribution >= 0.6 is 11.3 Å². The molecule has 1 aromatic heterocycles. The van der Waals surface area contributed by atoms with Crippen molar-refractivity contribution in [1.82, 2.24) is 9.88 Å². The molecular formula is C20H27N3O2S. The summed E-state index contributed by atoms with van der Waals surface area (Å²) in [5, 5.41) is 5.50. The third-order valence-corrected chi connectivity index (χ3v) is 5.42. The highest BCUT2D eigenvalue weighted by Crippen LogP contribution is 2.21. The molecule has 0 radical (unpaired) electrons. The Labute approximate surface area is 159 Å². The van der Waals surface area contributed by atoms with E-state index in [0.29, 0.717) is 5.13 Å². The molecule has 1 fully saturated rings. The molecule has 1 aromatic carbocycles. The number of piperidine rings is 1. The van der Waals surface area contributed by atoms with Gasteiger partial charge in [-0.25, -0.2) is 4.98 Å². The molecule has 0 bridgehead atoms. The highest BCUT2D eigenvalue weighted by atomic mass is 32.1. The van der Waals surface area contributed by atoms with Crippen molar-refractivity contribution in [3.63, 3.8) is 0 Å². The lowest BCUT2D eigenvalue weighted by Gasteiger charge is -2.30. The molecule has 26 heavy (non-hydrogen) atoms.